The molecule has 1 heterocycles. The Bertz CT molecular complexity index is 912. The Kier molecular flexibility index (Phi) is 5.25. The van der Waals surface area contributed by atoms with Crippen molar-refractivity contribution < 1.29 is 22.7 Å². The smallest absolute Gasteiger partial charge is 0.386 e. The quantitative estimate of drug-likeness (QED) is 0.652. The SMILES string of the molecule is N[C@@H](c1ccc(C(F)(F)F)c(F)c1)[C@H](O)c1ccc(-c2cccnc2)cc1. The van der Waals surface area contributed by atoms with Crippen LogP contribution in [0.1, 0.15) is 28.8 Å². The second-order valence-corrected chi connectivity index (χ2v) is 6.07. The summed E-state index contributed by atoms with van der Waals surface area (Å²) in [6.45, 7) is 0. The van der Waals surface area contributed by atoms with Gasteiger partial charge in [-0.1, -0.05) is 36.4 Å². The molecule has 0 spiro atoms. The molecule has 27 heavy (non-hydrogen) atoms. The number of alkyl halides is 3. The molecule has 0 aliphatic carbocycles. The molecule has 2 atom stereocenters. The van der Waals surface area contributed by atoms with Crippen molar-refractivity contribution in [1.29, 1.82) is 0 Å². The van der Waals surface area contributed by atoms with Gasteiger partial charge < -0.3 is 10.8 Å². The predicted octanol–water partition coefficient (Wildman–Crippen LogP) is 4.64. The van der Waals surface area contributed by atoms with E-state index < -0.39 is 29.7 Å². The van der Waals surface area contributed by atoms with E-state index in [-0.39, 0.29) is 5.56 Å². The zero-order chi connectivity index (χ0) is 19.6. The van der Waals surface area contributed by atoms with E-state index in [0.717, 1.165) is 17.2 Å². The fraction of sp³-hybridized carbons (Fsp3) is 0.150. The molecular weight excluding hydrogens is 360 g/mol. The van der Waals surface area contributed by atoms with Crippen LogP contribution in [0.3, 0.4) is 0 Å². The van der Waals surface area contributed by atoms with Crippen LogP contribution in [0, 0.1) is 5.82 Å². The first kappa shape index (κ1) is 19.0. The molecule has 7 heteroatoms. The standard InChI is InChI=1S/C20H16F4N2O/c21-17-10-14(7-8-16(17)20(22,23)24)18(25)19(27)13-5-3-12(4-6-13)15-2-1-9-26-11-15/h1-11,18-19,27H,25H2/t18-,19+/m0/s1. The number of aliphatic hydroxyl groups excluding tert-OH is 1. The highest BCUT2D eigenvalue weighted by molar-refractivity contribution is 5.62. The lowest BCUT2D eigenvalue weighted by Crippen LogP contribution is -2.20. The second-order valence-electron chi connectivity index (χ2n) is 6.07. The van der Waals surface area contributed by atoms with Crippen molar-refractivity contribution in [2.75, 3.05) is 0 Å². The van der Waals surface area contributed by atoms with Crippen LogP contribution in [0.25, 0.3) is 11.1 Å². The van der Waals surface area contributed by atoms with Crippen LogP contribution in [0.15, 0.2) is 67.0 Å². The summed E-state index contributed by atoms with van der Waals surface area (Å²) in [5.41, 5.74) is 6.89. The van der Waals surface area contributed by atoms with Crippen LogP contribution in [-0.2, 0) is 6.18 Å². The van der Waals surface area contributed by atoms with Gasteiger partial charge in [-0.3, -0.25) is 4.98 Å². The van der Waals surface area contributed by atoms with Gasteiger partial charge in [-0.2, -0.15) is 13.2 Å². The minimum absolute atomic E-state index is 0.0735. The zero-order valence-corrected chi connectivity index (χ0v) is 14.0. The first-order valence-electron chi connectivity index (χ1n) is 8.08. The van der Waals surface area contributed by atoms with Gasteiger partial charge in [-0.05, 0) is 40.5 Å². The number of nitrogens with zero attached hydrogens (tertiary/aromatic N) is 1. The average molecular weight is 376 g/mol. The van der Waals surface area contributed by atoms with Gasteiger partial charge >= 0.3 is 6.18 Å². The van der Waals surface area contributed by atoms with Gasteiger partial charge in [0.15, 0.2) is 0 Å². The third-order valence-electron chi connectivity index (χ3n) is 4.27. The molecular formula is C20H16F4N2O. The van der Waals surface area contributed by atoms with Crippen molar-refractivity contribution in [2.24, 2.45) is 5.73 Å². The van der Waals surface area contributed by atoms with Crippen LogP contribution >= 0.6 is 0 Å². The molecule has 0 aliphatic rings. The Morgan fingerprint density at radius 1 is 0.926 bits per heavy atom. The molecule has 0 radical (unpaired) electrons. The first-order chi connectivity index (χ1) is 12.8. The Morgan fingerprint density at radius 2 is 1.59 bits per heavy atom. The molecule has 140 valence electrons. The summed E-state index contributed by atoms with van der Waals surface area (Å²) in [7, 11) is 0. The normalized spacial score (nSPS) is 14.0. The molecule has 0 amide bonds. The van der Waals surface area contributed by atoms with Crippen LogP contribution < -0.4 is 5.73 Å². The molecule has 2 aromatic carbocycles. The van der Waals surface area contributed by atoms with E-state index in [0.29, 0.717) is 17.7 Å². The Labute approximate surface area is 153 Å². The van der Waals surface area contributed by atoms with Gasteiger partial charge in [-0.15, -0.1) is 0 Å². The summed E-state index contributed by atoms with van der Waals surface area (Å²) in [6.07, 6.45) is -2.64. The number of pyridine rings is 1. The maximum Gasteiger partial charge on any atom is 0.419 e. The summed E-state index contributed by atoms with van der Waals surface area (Å²) in [5, 5.41) is 10.4. The summed E-state index contributed by atoms with van der Waals surface area (Å²) >= 11 is 0. The number of hydrogen-bond donors (Lipinski definition) is 2. The average Bonchev–Trinajstić information content (AvgIpc) is 2.66. The highest BCUT2D eigenvalue weighted by atomic mass is 19.4. The molecule has 0 saturated carbocycles. The third-order valence-corrected chi connectivity index (χ3v) is 4.27. The van der Waals surface area contributed by atoms with Gasteiger partial charge in [0.05, 0.1) is 17.7 Å². The third kappa shape index (κ3) is 4.15. The Hall–Kier alpha value is -2.77. The number of benzene rings is 2. The fourth-order valence-electron chi connectivity index (χ4n) is 2.76. The van der Waals surface area contributed by atoms with Crippen LogP contribution in [0.2, 0.25) is 0 Å². The van der Waals surface area contributed by atoms with Crippen LogP contribution in [0.4, 0.5) is 17.6 Å². The second kappa shape index (κ2) is 7.46. The van der Waals surface area contributed by atoms with Gasteiger partial charge in [0.25, 0.3) is 0 Å². The summed E-state index contributed by atoms with van der Waals surface area (Å²) in [4.78, 5) is 4.03. The van der Waals surface area contributed by atoms with E-state index in [9.17, 15) is 22.7 Å². The molecule has 0 saturated heterocycles. The van der Waals surface area contributed by atoms with Crippen LogP contribution in [0.5, 0.6) is 0 Å². The lowest BCUT2D eigenvalue weighted by Gasteiger charge is -2.21. The Morgan fingerprint density at radius 3 is 2.15 bits per heavy atom. The summed E-state index contributed by atoms with van der Waals surface area (Å²) < 4.78 is 51.7. The van der Waals surface area contributed by atoms with E-state index in [2.05, 4.69) is 4.98 Å². The Balaban J connectivity index is 1.81. The van der Waals surface area contributed by atoms with Crippen molar-refractivity contribution >= 4 is 0 Å². The molecule has 3 N–H and O–H groups in total. The predicted molar refractivity (Wildman–Crippen MR) is 93.0 cm³/mol. The van der Waals surface area contributed by atoms with E-state index in [1.807, 2.05) is 6.07 Å². The molecule has 0 aliphatic heterocycles. The summed E-state index contributed by atoms with van der Waals surface area (Å²) in [6, 6.07) is 11.9. The van der Waals surface area contributed by atoms with Gasteiger partial charge in [0, 0.05) is 12.4 Å². The first-order valence-corrected chi connectivity index (χ1v) is 8.08. The summed E-state index contributed by atoms with van der Waals surface area (Å²) in [5.74, 6) is -1.42. The molecule has 0 unspecified atom stereocenters. The molecule has 3 nitrogen and oxygen atoms in total. The maximum atomic E-state index is 13.7. The fourth-order valence-corrected chi connectivity index (χ4v) is 2.76. The molecule has 3 aromatic rings. The number of rotatable bonds is 4. The van der Waals surface area contributed by atoms with E-state index in [1.54, 1.807) is 42.7 Å². The minimum atomic E-state index is -4.78. The lowest BCUT2D eigenvalue weighted by atomic mass is 9.94. The molecule has 1 aromatic heterocycles. The number of hydrogen-bond acceptors (Lipinski definition) is 3. The zero-order valence-electron chi connectivity index (χ0n) is 14.0. The number of halogens is 4. The van der Waals surface area contributed by atoms with E-state index in [4.69, 9.17) is 5.73 Å². The van der Waals surface area contributed by atoms with Gasteiger partial charge in [-0.25, -0.2) is 4.39 Å². The number of aromatic nitrogens is 1. The van der Waals surface area contributed by atoms with E-state index in [1.165, 1.54) is 0 Å². The van der Waals surface area contributed by atoms with Crippen molar-refractivity contribution in [3.63, 3.8) is 0 Å². The largest absolute Gasteiger partial charge is 0.419 e. The highest BCUT2D eigenvalue weighted by Crippen LogP contribution is 2.34. The number of aliphatic hydroxyl groups is 1. The van der Waals surface area contributed by atoms with Gasteiger partial charge in [0.1, 0.15) is 5.82 Å². The lowest BCUT2D eigenvalue weighted by molar-refractivity contribution is -0.140. The minimum Gasteiger partial charge on any atom is -0.386 e. The van der Waals surface area contributed by atoms with Crippen molar-refractivity contribution in [2.45, 2.75) is 18.3 Å². The van der Waals surface area contributed by atoms with E-state index >= 15 is 0 Å². The maximum absolute atomic E-state index is 13.7. The number of nitrogens with two attached hydrogens (primary N) is 1. The van der Waals surface area contributed by atoms with Crippen LogP contribution in [-0.4, -0.2) is 10.1 Å². The van der Waals surface area contributed by atoms with Gasteiger partial charge in [0.2, 0.25) is 0 Å². The monoisotopic (exact) mass is 376 g/mol. The van der Waals surface area contributed by atoms with Crippen molar-refractivity contribution in [3.05, 3.63) is 89.5 Å². The topological polar surface area (TPSA) is 59.1 Å². The molecule has 0 fully saturated rings. The van der Waals surface area contributed by atoms with Crippen molar-refractivity contribution in [3.8, 4) is 11.1 Å². The molecule has 3 rings (SSSR count). The highest BCUT2D eigenvalue weighted by Gasteiger charge is 2.34. The molecule has 0 bridgehead atoms. The van der Waals surface area contributed by atoms with Crippen molar-refractivity contribution in [1.82, 2.24) is 4.98 Å².